The molecular formula is C16H20N4O. The molecule has 1 saturated heterocycles. The minimum atomic E-state index is 0.125. The molecule has 1 aromatic carbocycles. The third-order valence-corrected chi connectivity index (χ3v) is 4.10. The lowest BCUT2D eigenvalue weighted by molar-refractivity contribution is 0.0784. The number of aryl methyl sites for hydroxylation is 3. The fourth-order valence-electron chi connectivity index (χ4n) is 3.20. The molecule has 0 spiro atoms. The number of amides is 1. The number of benzene rings is 1. The molecule has 1 fully saturated rings. The fourth-order valence-corrected chi connectivity index (χ4v) is 3.20. The largest absolute Gasteiger partial charge is 0.336 e. The number of carbonyl (C=O) groups is 1. The maximum atomic E-state index is 12.8. The minimum Gasteiger partial charge on any atom is -0.336 e. The summed E-state index contributed by atoms with van der Waals surface area (Å²) < 4.78 is 0. The van der Waals surface area contributed by atoms with Crippen molar-refractivity contribution in [3.05, 3.63) is 46.8 Å². The zero-order valence-corrected chi connectivity index (χ0v) is 12.7. The van der Waals surface area contributed by atoms with Crippen LogP contribution in [0.5, 0.6) is 0 Å². The summed E-state index contributed by atoms with van der Waals surface area (Å²) in [5, 5.41) is 8.36. The zero-order chi connectivity index (χ0) is 15.0. The van der Waals surface area contributed by atoms with Crippen LogP contribution >= 0.6 is 0 Å². The number of aromatic nitrogens is 3. The van der Waals surface area contributed by atoms with Crippen LogP contribution in [0.25, 0.3) is 0 Å². The second-order valence-electron chi connectivity index (χ2n) is 5.82. The van der Waals surface area contributed by atoms with Crippen LogP contribution in [0.1, 0.15) is 39.5 Å². The number of nitrogens with zero attached hydrogens (tertiary/aromatic N) is 4. The van der Waals surface area contributed by atoms with Crippen molar-refractivity contribution in [2.24, 2.45) is 0 Å². The molecule has 1 amide bonds. The highest BCUT2D eigenvalue weighted by Crippen LogP contribution is 2.24. The molecule has 1 aromatic heterocycles. The Kier molecular flexibility index (Phi) is 3.49. The number of likely N-dealkylation sites (tertiary alicyclic amines) is 1. The molecule has 2 heterocycles. The van der Waals surface area contributed by atoms with Gasteiger partial charge in [0.15, 0.2) is 0 Å². The highest BCUT2D eigenvalue weighted by molar-refractivity contribution is 5.97. The molecule has 1 aliphatic rings. The van der Waals surface area contributed by atoms with E-state index < -0.39 is 0 Å². The fraction of sp³-hybridized carbons (Fsp3) is 0.438. The Labute approximate surface area is 124 Å². The molecule has 5 nitrogen and oxygen atoms in total. The molecule has 1 unspecified atom stereocenters. The predicted octanol–water partition coefficient (Wildman–Crippen LogP) is 2.29. The van der Waals surface area contributed by atoms with Crippen molar-refractivity contribution in [3.8, 4) is 0 Å². The van der Waals surface area contributed by atoms with Crippen molar-refractivity contribution in [3.63, 3.8) is 0 Å². The molecule has 0 bridgehead atoms. The van der Waals surface area contributed by atoms with Gasteiger partial charge in [-0.3, -0.25) is 4.79 Å². The Bertz CT molecular complexity index is 640. The molecule has 21 heavy (non-hydrogen) atoms. The third-order valence-electron chi connectivity index (χ3n) is 4.10. The predicted molar refractivity (Wildman–Crippen MR) is 80.2 cm³/mol. The summed E-state index contributed by atoms with van der Waals surface area (Å²) in [5.41, 5.74) is 4.15. The van der Waals surface area contributed by atoms with E-state index in [2.05, 4.69) is 29.3 Å². The average molecular weight is 284 g/mol. The first-order chi connectivity index (χ1) is 10.1. The molecule has 110 valence electrons. The lowest BCUT2D eigenvalue weighted by Crippen LogP contribution is -2.30. The van der Waals surface area contributed by atoms with Gasteiger partial charge in [-0.15, -0.1) is 0 Å². The highest BCUT2D eigenvalue weighted by atomic mass is 16.2. The molecule has 0 N–H and O–H groups in total. The van der Waals surface area contributed by atoms with E-state index in [0.717, 1.165) is 29.7 Å². The van der Waals surface area contributed by atoms with Gasteiger partial charge in [0.25, 0.3) is 5.91 Å². The summed E-state index contributed by atoms with van der Waals surface area (Å²) in [6.45, 7) is 7.52. The second-order valence-corrected chi connectivity index (χ2v) is 5.82. The van der Waals surface area contributed by atoms with Crippen LogP contribution < -0.4 is 0 Å². The van der Waals surface area contributed by atoms with Gasteiger partial charge in [-0.2, -0.15) is 15.0 Å². The van der Waals surface area contributed by atoms with E-state index in [1.807, 2.05) is 18.7 Å². The number of carbonyl (C=O) groups excluding carboxylic acids is 1. The van der Waals surface area contributed by atoms with Crippen LogP contribution in [0.15, 0.2) is 24.5 Å². The lowest BCUT2D eigenvalue weighted by atomic mass is 9.99. The van der Waals surface area contributed by atoms with Crippen molar-refractivity contribution in [2.45, 2.75) is 33.2 Å². The van der Waals surface area contributed by atoms with Crippen LogP contribution in [-0.2, 0) is 0 Å². The molecule has 1 aliphatic heterocycles. The number of rotatable bonds is 2. The topological polar surface area (TPSA) is 51.0 Å². The standard InChI is InChI=1S/C16H20N4O/c1-11-8-12(2)15(13(3)9-11)16(21)19-7-4-14(10-19)20-17-5-6-18-20/h5-6,8-9,14H,4,7,10H2,1-3H3. The molecular weight excluding hydrogens is 264 g/mol. The number of hydrogen-bond acceptors (Lipinski definition) is 3. The van der Waals surface area contributed by atoms with E-state index >= 15 is 0 Å². The molecule has 3 rings (SSSR count). The Morgan fingerprint density at radius 1 is 1.14 bits per heavy atom. The average Bonchev–Trinajstić information content (AvgIpc) is 3.08. The Morgan fingerprint density at radius 2 is 1.76 bits per heavy atom. The van der Waals surface area contributed by atoms with Crippen LogP contribution in [0.4, 0.5) is 0 Å². The highest BCUT2D eigenvalue weighted by Gasteiger charge is 2.30. The van der Waals surface area contributed by atoms with Gasteiger partial charge >= 0.3 is 0 Å². The molecule has 0 aliphatic carbocycles. The summed E-state index contributed by atoms with van der Waals surface area (Å²) in [6.07, 6.45) is 4.27. The van der Waals surface area contributed by atoms with E-state index in [9.17, 15) is 4.79 Å². The normalized spacial score (nSPS) is 18.2. The van der Waals surface area contributed by atoms with Gasteiger partial charge in [0.05, 0.1) is 18.4 Å². The van der Waals surface area contributed by atoms with Crippen molar-refractivity contribution >= 4 is 5.91 Å². The maximum absolute atomic E-state index is 12.8. The summed E-state index contributed by atoms with van der Waals surface area (Å²) in [6, 6.07) is 4.33. The molecule has 0 saturated carbocycles. The van der Waals surface area contributed by atoms with E-state index in [1.165, 1.54) is 5.56 Å². The van der Waals surface area contributed by atoms with Crippen molar-refractivity contribution < 1.29 is 4.79 Å². The quantitative estimate of drug-likeness (QED) is 0.850. The Morgan fingerprint density at radius 3 is 2.38 bits per heavy atom. The first-order valence-electron chi connectivity index (χ1n) is 7.29. The zero-order valence-electron chi connectivity index (χ0n) is 12.7. The van der Waals surface area contributed by atoms with Crippen LogP contribution in [0.3, 0.4) is 0 Å². The maximum Gasteiger partial charge on any atom is 0.254 e. The monoisotopic (exact) mass is 284 g/mol. The molecule has 0 radical (unpaired) electrons. The van der Waals surface area contributed by atoms with E-state index in [4.69, 9.17) is 0 Å². The van der Waals surface area contributed by atoms with Gasteiger partial charge in [0.2, 0.25) is 0 Å². The molecule has 2 aromatic rings. The molecule has 1 atom stereocenters. The van der Waals surface area contributed by atoms with Gasteiger partial charge < -0.3 is 4.90 Å². The lowest BCUT2D eigenvalue weighted by Gasteiger charge is -2.19. The first-order valence-corrected chi connectivity index (χ1v) is 7.29. The van der Waals surface area contributed by atoms with Gasteiger partial charge in [0, 0.05) is 18.7 Å². The van der Waals surface area contributed by atoms with E-state index in [-0.39, 0.29) is 11.9 Å². The third kappa shape index (κ3) is 2.55. The summed E-state index contributed by atoms with van der Waals surface area (Å²) in [7, 11) is 0. The Hall–Kier alpha value is -2.17. The van der Waals surface area contributed by atoms with E-state index in [1.54, 1.807) is 17.2 Å². The SMILES string of the molecule is Cc1cc(C)c(C(=O)N2CCC(n3nccn3)C2)c(C)c1. The van der Waals surface area contributed by atoms with Crippen molar-refractivity contribution in [2.75, 3.05) is 13.1 Å². The summed E-state index contributed by atoms with van der Waals surface area (Å²) in [5.74, 6) is 0.125. The summed E-state index contributed by atoms with van der Waals surface area (Å²) >= 11 is 0. The van der Waals surface area contributed by atoms with Gasteiger partial charge in [-0.1, -0.05) is 17.7 Å². The van der Waals surface area contributed by atoms with Crippen LogP contribution in [-0.4, -0.2) is 38.9 Å². The second kappa shape index (κ2) is 5.31. The van der Waals surface area contributed by atoms with Crippen LogP contribution in [0, 0.1) is 20.8 Å². The number of hydrogen-bond donors (Lipinski definition) is 0. The van der Waals surface area contributed by atoms with Crippen LogP contribution in [0.2, 0.25) is 0 Å². The minimum absolute atomic E-state index is 0.125. The van der Waals surface area contributed by atoms with Gasteiger partial charge in [0.1, 0.15) is 0 Å². The first kappa shape index (κ1) is 13.8. The van der Waals surface area contributed by atoms with Crippen molar-refractivity contribution in [1.29, 1.82) is 0 Å². The van der Waals surface area contributed by atoms with Gasteiger partial charge in [-0.05, 0) is 38.3 Å². The smallest absolute Gasteiger partial charge is 0.254 e. The van der Waals surface area contributed by atoms with Crippen molar-refractivity contribution in [1.82, 2.24) is 19.9 Å². The molecule has 5 heteroatoms. The Balaban J connectivity index is 1.81. The van der Waals surface area contributed by atoms with E-state index in [0.29, 0.717) is 6.54 Å². The summed E-state index contributed by atoms with van der Waals surface area (Å²) in [4.78, 5) is 16.4. The van der Waals surface area contributed by atoms with Gasteiger partial charge in [-0.25, -0.2) is 0 Å².